The lowest BCUT2D eigenvalue weighted by Crippen LogP contribution is -2.20. The van der Waals surface area contributed by atoms with Gasteiger partial charge in [0.15, 0.2) is 0 Å². The van der Waals surface area contributed by atoms with Crippen LogP contribution in [0.25, 0.3) is 0 Å². The molecule has 1 fully saturated rings. The van der Waals surface area contributed by atoms with Gasteiger partial charge in [-0.2, -0.15) is 0 Å². The number of rotatable bonds is 3. The Bertz CT molecular complexity index is 281. The fourth-order valence-corrected chi connectivity index (χ4v) is 1.26. The first kappa shape index (κ1) is 8.44. The van der Waals surface area contributed by atoms with E-state index in [0.717, 1.165) is 5.82 Å². The molecule has 1 aromatic heterocycles. The van der Waals surface area contributed by atoms with Crippen LogP contribution in [0.15, 0.2) is 12.4 Å². The molecule has 0 spiro atoms. The van der Waals surface area contributed by atoms with Crippen LogP contribution >= 0.6 is 0 Å². The summed E-state index contributed by atoms with van der Waals surface area (Å²) in [7, 11) is 2.03. The number of aromatic nitrogens is 2. The average Bonchev–Trinajstić information content (AvgIpc) is 3.00. The van der Waals surface area contributed by atoms with Gasteiger partial charge in [-0.05, 0) is 12.8 Å². The number of aliphatic hydroxyl groups is 1. The Labute approximate surface area is 77.2 Å². The molecule has 1 aliphatic rings. The molecule has 4 heteroatoms. The molecule has 0 aromatic carbocycles. The van der Waals surface area contributed by atoms with E-state index in [-0.39, 0.29) is 6.61 Å². The number of nitrogens with zero attached hydrogens (tertiary/aromatic N) is 3. The lowest BCUT2D eigenvalue weighted by atomic mass is 10.4. The summed E-state index contributed by atoms with van der Waals surface area (Å²) < 4.78 is 0. The zero-order valence-electron chi connectivity index (χ0n) is 7.64. The first-order valence-corrected chi connectivity index (χ1v) is 4.46. The van der Waals surface area contributed by atoms with Gasteiger partial charge in [0.2, 0.25) is 0 Å². The van der Waals surface area contributed by atoms with Gasteiger partial charge in [-0.3, -0.25) is 4.98 Å². The van der Waals surface area contributed by atoms with Crippen LogP contribution in [0, 0.1) is 0 Å². The quantitative estimate of drug-likeness (QED) is 0.737. The maximum absolute atomic E-state index is 8.77. The molecule has 4 nitrogen and oxygen atoms in total. The Balaban J connectivity index is 2.11. The van der Waals surface area contributed by atoms with Crippen LogP contribution in [0.4, 0.5) is 5.82 Å². The zero-order chi connectivity index (χ0) is 9.26. The van der Waals surface area contributed by atoms with Gasteiger partial charge in [0.1, 0.15) is 5.82 Å². The molecule has 0 unspecified atom stereocenters. The van der Waals surface area contributed by atoms with Crippen molar-refractivity contribution in [1.82, 2.24) is 9.97 Å². The summed E-state index contributed by atoms with van der Waals surface area (Å²) in [6.45, 7) is -0.0412. The topological polar surface area (TPSA) is 49.2 Å². The van der Waals surface area contributed by atoms with Crippen LogP contribution < -0.4 is 4.90 Å². The average molecular weight is 179 g/mol. The van der Waals surface area contributed by atoms with Gasteiger partial charge in [0.25, 0.3) is 0 Å². The minimum absolute atomic E-state index is 0.0412. The number of anilines is 1. The van der Waals surface area contributed by atoms with E-state index in [4.69, 9.17) is 5.11 Å². The van der Waals surface area contributed by atoms with Crippen molar-refractivity contribution >= 4 is 5.82 Å². The molecule has 1 aliphatic carbocycles. The van der Waals surface area contributed by atoms with Crippen molar-refractivity contribution in [3.63, 3.8) is 0 Å². The second-order valence-corrected chi connectivity index (χ2v) is 3.37. The van der Waals surface area contributed by atoms with Gasteiger partial charge in [0.05, 0.1) is 24.7 Å². The van der Waals surface area contributed by atoms with Crippen molar-refractivity contribution in [1.29, 1.82) is 0 Å². The van der Waals surface area contributed by atoms with Crippen LogP contribution in [0.1, 0.15) is 18.5 Å². The van der Waals surface area contributed by atoms with Gasteiger partial charge in [-0.1, -0.05) is 0 Å². The summed E-state index contributed by atoms with van der Waals surface area (Å²) in [4.78, 5) is 10.4. The predicted molar refractivity (Wildman–Crippen MR) is 49.4 cm³/mol. The van der Waals surface area contributed by atoms with Crippen LogP contribution in [0.5, 0.6) is 0 Å². The standard InChI is InChI=1S/C9H13N3O/c1-12(8-2-3-8)9-5-10-7(6-13)4-11-9/h4-5,8,13H,2-3,6H2,1H3. The van der Waals surface area contributed by atoms with Crippen molar-refractivity contribution in [2.45, 2.75) is 25.5 Å². The largest absolute Gasteiger partial charge is 0.390 e. The third-order valence-corrected chi connectivity index (χ3v) is 2.31. The van der Waals surface area contributed by atoms with E-state index >= 15 is 0 Å². The highest BCUT2D eigenvalue weighted by atomic mass is 16.3. The van der Waals surface area contributed by atoms with E-state index in [9.17, 15) is 0 Å². The number of hydrogen-bond donors (Lipinski definition) is 1. The summed E-state index contributed by atoms with van der Waals surface area (Å²) >= 11 is 0. The maximum Gasteiger partial charge on any atom is 0.147 e. The second kappa shape index (κ2) is 3.30. The minimum atomic E-state index is -0.0412. The molecule has 0 amide bonds. The smallest absolute Gasteiger partial charge is 0.147 e. The van der Waals surface area contributed by atoms with E-state index < -0.39 is 0 Å². The molecule has 0 atom stereocenters. The van der Waals surface area contributed by atoms with Crippen LogP contribution in [0.2, 0.25) is 0 Å². The van der Waals surface area contributed by atoms with E-state index in [1.807, 2.05) is 7.05 Å². The second-order valence-electron chi connectivity index (χ2n) is 3.37. The third-order valence-electron chi connectivity index (χ3n) is 2.31. The Morgan fingerprint density at radius 3 is 2.69 bits per heavy atom. The van der Waals surface area contributed by atoms with Gasteiger partial charge in [-0.15, -0.1) is 0 Å². The summed E-state index contributed by atoms with van der Waals surface area (Å²) in [5.41, 5.74) is 0.618. The zero-order valence-corrected chi connectivity index (χ0v) is 7.64. The molecular weight excluding hydrogens is 166 g/mol. The molecule has 1 aromatic rings. The van der Waals surface area contributed by atoms with Gasteiger partial charge < -0.3 is 10.0 Å². The normalized spacial score (nSPS) is 15.8. The fraction of sp³-hybridized carbons (Fsp3) is 0.556. The van der Waals surface area contributed by atoms with Crippen LogP contribution in [0.3, 0.4) is 0 Å². The van der Waals surface area contributed by atoms with Crippen molar-refractivity contribution < 1.29 is 5.11 Å². The van der Waals surface area contributed by atoms with E-state index in [1.165, 1.54) is 12.8 Å². The monoisotopic (exact) mass is 179 g/mol. The molecule has 1 heterocycles. The summed E-state index contributed by atoms with van der Waals surface area (Å²) in [5, 5.41) is 8.77. The molecular formula is C9H13N3O. The molecule has 0 radical (unpaired) electrons. The van der Waals surface area contributed by atoms with Crippen molar-refractivity contribution in [3.05, 3.63) is 18.1 Å². The Kier molecular flexibility index (Phi) is 2.14. The lowest BCUT2D eigenvalue weighted by molar-refractivity contribution is 0.276. The number of hydrogen-bond acceptors (Lipinski definition) is 4. The Hall–Kier alpha value is -1.16. The van der Waals surface area contributed by atoms with E-state index in [1.54, 1.807) is 12.4 Å². The highest BCUT2D eigenvalue weighted by Gasteiger charge is 2.27. The molecule has 0 saturated heterocycles. The molecule has 0 aliphatic heterocycles. The van der Waals surface area contributed by atoms with Crippen molar-refractivity contribution in [2.75, 3.05) is 11.9 Å². The number of aliphatic hydroxyl groups excluding tert-OH is 1. The molecule has 70 valence electrons. The Morgan fingerprint density at radius 2 is 2.23 bits per heavy atom. The van der Waals surface area contributed by atoms with E-state index in [2.05, 4.69) is 14.9 Å². The van der Waals surface area contributed by atoms with E-state index in [0.29, 0.717) is 11.7 Å². The lowest BCUT2D eigenvalue weighted by Gasteiger charge is -2.16. The van der Waals surface area contributed by atoms with Gasteiger partial charge in [-0.25, -0.2) is 4.98 Å². The Morgan fingerprint density at radius 1 is 1.46 bits per heavy atom. The molecule has 0 bridgehead atoms. The molecule has 1 N–H and O–H groups in total. The van der Waals surface area contributed by atoms with Crippen LogP contribution in [-0.4, -0.2) is 28.2 Å². The summed E-state index contributed by atoms with van der Waals surface area (Å²) in [6, 6.07) is 0.647. The minimum Gasteiger partial charge on any atom is -0.390 e. The third kappa shape index (κ3) is 1.78. The van der Waals surface area contributed by atoms with Crippen molar-refractivity contribution in [3.8, 4) is 0 Å². The molecule has 1 saturated carbocycles. The van der Waals surface area contributed by atoms with Gasteiger partial charge >= 0.3 is 0 Å². The first-order valence-electron chi connectivity index (χ1n) is 4.46. The summed E-state index contributed by atoms with van der Waals surface area (Å²) in [6.07, 6.45) is 5.83. The van der Waals surface area contributed by atoms with Crippen molar-refractivity contribution in [2.24, 2.45) is 0 Å². The SMILES string of the molecule is CN(c1cnc(CO)cn1)C1CC1. The first-order chi connectivity index (χ1) is 6.31. The maximum atomic E-state index is 8.77. The highest BCUT2D eigenvalue weighted by Crippen LogP contribution is 2.28. The summed E-state index contributed by atoms with van der Waals surface area (Å²) in [5.74, 6) is 0.889. The highest BCUT2D eigenvalue weighted by molar-refractivity contribution is 5.37. The fourth-order valence-electron chi connectivity index (χ4n) is 1.26. The van der Waals surface area contributed by atoms with Crippen LogP contribution in [-0.2, 0) is 6.61 Å². The predicted octanol–water partition coefficient (Wildman–Crippen LogP) is 0.567. The molecule has 2 rings (SSSR count). The van der Waals surface area contributed by atoms with Gasteiger partial charge in [0, 0.05) is 13.1 Å². The molecule has 13 heavy (non-hydrogen) atoms.